The Balaban J connectivity index is 1.22. The molecule has 1 aliphatic rings. The summed E-state index contributed by atoms with van der Waals surface area (Å²) in [7, 11) is 0. The van der Waals surface area contributed by atoms with Crippen molar-refractivity contribution in [2.45, 2.75) is 44.9 Å². The maximum absolute atomic E-state index is 10.3. The molecule has 1 aliphatic heterocycles. The Hall–Kier alpha value is -4.18. The minimum atomic E-state index is -0.720. The number of fused-ring (bicyclic) bond motifs is 1. The van der Waals surface area contributed by atoms with Gasteiger partial charge in [0.15, 0.2) is 5.96 Å². The van der Waals surface area contributed by atoms with Gasteiger partial charge in [0.2, 0.25) is 5.82 Å². The number of nitrogens with zero attached hydrogens (tertiary/aromatic N) is 5. The minimum absolute atomic E-state index is 0.128. The predicted molar refractivity (Wildman–Crippen MR) is 140 cm³/mol. The number of aromatic nitrogens is 4. The first-order chi connectivity index (χ1) is 18.0. The molecule has 0 radical (unpaired) electrons. The number of likely N-dealkylation sites (tertiary alicyclic amines) is 1. The number of benzene rings is 2. The first-order valence-electron chi connectivity index (χ1n) is 12.4. The number of guanidine groups is 1. The van der Waals surface area contributed by atoms with E-state index in [2.05, 4.69) is 27.4 Å². The second kappa shape index (κ2) is 10.4. The normalized spacial score (nSPS) is 17.4. The molecule has 10 nitrogen and oxygen atoms in total. The van der Waals surface area contributed by atoms with Crippen molar-refractivity contribution in [2.75, 3.05) is 13.2 Å². The number of hydrogen-bond acceptors (Lipinski definition) is 7. The molecule has 4 aromatic rings. The zero-order valence-corrected chi connectivity index (χ0v) is 20.8. The Morgan fingerprint density at radius 2 is 2.14 bits per heavy atom. The largest absolute Gasteiger partial charge is 0.493 e. The van der Waals surface area contributed by atoms with Crippen LogP contribution in [0.3, 0.4) is 0 Å². The van der Waals surface area contributed by atoms with Crippen LogP contribution in [-0.4, -0.2) is 54.9 Å². The molecule has 0 unspecified atom stereocenters. The lowest BCUT2D eigenvalue weighted by Gasteiger charge is -2.22. The topological polar surface area (TPSA) is 139 Å². The molecule has 1 fully saturated rings. The first kappa shape index (κ1) is 24.5. The number of nitrogens with two attached hydrogens (primary N) is 1. The van der Waals surface area contributed by atoms with Crippen LogP contribution in [0.4, 0.5) is 0 Å². The highest BCUT2D eigenvalue weighted by Crippen LogP contribution is 2.32. The van der Waals surface area contributed by atoms with Gasteiger partial charge in [0.1, 0.15) is 17.6 Å². The lowest BCUT2D eigenvalue weighted by Crippen LogP contribution is -2.37. The quantitative estimate of drug-likeness (QED) is 0.137. The second-order valence-corrected chi connectivity index (χ2v) is 9.18. The van der Waals surface area contributed by atoms with E-state index in [0.29, 0.717) is 25.4 Å². The van der Waals surface area contributed by atoms with Crippen LogP contribution in [0.15, 0.2) is 59.6 Å². The molecule has 0 saturated carbocycles. The van der Waals surface area contributed by atoms with Crippen LogP contribution in [0, 0.1) is 12.3 Å². The Morgan fingerprint density at radius 1 is 1.30 bits per heavy atom. The molecular formula is C27H31N7O3. The summed E-state index contributed by atoms with van der Waals surface area (Å²) >= 11 is 0. The summed E-state index contributed by atoms with van der Waals surface area (Å²) in [5.74, 6) is 2.35. The van der Waals surface area contributed by atoms with E-state index < -0.39 is 12.1 Å². The average molecular weight is 502 g/mol. The Kier molecular flexibility index (Phi) is 6.91. The summed E-state index contributed by atoms with van der Waals surface area (Å²) in [4.78, 5) is 10.8. The standard InChI is InChI=1S/C27H31N7O3/c1-3-13-33-20-8-5-4-7-19(20)30-23(33)9-6-15-36-22-11-10-18(16-17(22)2)25-31-26(37-32-25)24-21(35)12-14-34(24)27(28)29/h3-5,7-8,10-11,16,21,24,35H,1,6,9,12-15H2,2H3,(H3,28,29)/t21-,24-/m0/s1. The summed E-state index contributed by atoms with van der Waals surface area (Å²) in [6.45, 7) is 7.60. The summed E-state index contributed by atoms with van der Waals surface area (Å²) in [6, 6.07) is 13.3. The van der Waals surface area contributed by atoms with Crippen molar-refractivity contribution in [3.8, 4) is 17.1 Å². The van der Waals surface area contributed by atoms with Crippen molar-refractivity contribution >= 4 is 17.0 Å². The molecule has 5 rings (SSSR count). The summed E-state index contributed by atoms with van der Waals surface area (Å²) in [6.07, 6.45) is 3.28. The molecule has 3 heterocycles. The van der Waals surface area contributed by atoms with E-state index in [1.165, 1.54) is 0 Å². The third kappa shape index (κ3) is 4.92. The lowest BCUT2D eigenvalue weighted by atomic mass is 10.1. The maximum Gasteiger partial charge on any atom is 0.252 e. The fourth-order valence-electron chi connectivity index (χ4n) is 4.83. The Bertz CT molecular complexity index is 1430. The van der Waals surface area contributed by atoms with Crippen molar-refractivity contribution in [3.05, 3.63) is 72.4 Å². The highest BCUT2D eigenvalue weighted by atomic mass is 16.5. The zero-order valence-electron chi connectivity index (χ0n) is 20.8. The summed E-state index contributed by atoms with van der Waals surface area (Å²) in [5.41, 5.74) is 9.49. The zero-order chi connectivity index (χ0) is 25.9. The Morgan fingerprint density at radius 3 is 2.92 bits per heavy atom. The van der Waals surface area contributed by atoms with E-state index in [1.54, 1.807) is 4.90 Å². The summed E-state index contributed by atoms with van der Waals surface area (Å²) < 4.78 is 13.7. The molecule has 1 saturated heterocycles. The van der Waals surface area contributed by atoms with Gasteiger partial charge in [-0.05, 0) is 55.7 Å². The molecule has 0 spiro atoms. The fourth-order valence-corrected chi connectivity index (χ4v) is 4.83. The van der Waals surface area contributed by atoms with E-state index in [4.69, 9.17) is 25.4 Å². The number of aliphatic hydroxyl groups is 1. The molecule has 37 heavy (non-hydrogen) atoms. The van der Waals surface area contributed by atoms with Crippen molar-refractivity contribution < 1.29 is 14.4 Å². The number of ether oxygens (including phenoxy) is 1. The number of imidazole rings is 1. The van der Waals surface area contributed by atoms with Crippen molar-refractivity contribution in [3.63, 3.8) is 0 Å². The van der Waals surface area contributed by atoms with Gasteiger partial charge in [-0.1, -0.05) is 23.4 Å². The Labute approximate surface area is 214 Å². The van der Waals surface area contributed by atoms with Crippen molar-refractivity contribution in [1.82, 2.24) is 24.6 Å². The van der Waals surface area contributed by atoms with Crippen LogP contribution in [0.25, 0.3) is 22.4 Å². The lowest BCUT2D eigenvalue weighted by molar-refractivity contribution is 0.118. The van der Waals surface area contributed by atoms with Crippen LogP contribution < -0.4 is 10.5 Å². The molecule has 4 N–H and O–H groups in total. The van der Waals surface area contributed by atoms with E-state index in [9.17, 15) is 5.11 Å². The minimum Gasteiger partial charge on any atom is -0.493 e. The molecule has 10 heteroatoms. The van der Waals surface area contributed by atoms with E-state index in [0.717, 1.165) is 53.1 Å². The second-order valence-electron chi connectivity index (χ2n) is 9.18. The number of rotatable bonds is 9. The third-order valence-electron chi connectivity index (χ3n) is 6.65. The smallest absolute Gasteiger partial charge is 0.252 e. The van der Waals surface area contributed by atoms with Gasteiger partial charge in [0.05, 0.1) is 23.7 Å². The molecule has 2 aromatic heterocycles. The van der Waals surface area contributed by atoms with Crippen LogP contribution >= 0.6 is 0 Å². The van der Waals surface area contributed by atoms with Gasteiger partial charge in [-0.25, -0.2) is 4.98 Å². The number of aryl methyl sites for hydroxylation is 2. The maximum atomic E-state index is 10.3. The van der Waals surface area contributed by atoms with Gasteiger partial charge in [-0.3, -0.25) is 5.41 Å². The number of allylic oxidation sites excluding steroid dienone is 1. The van der Waals surface area contributed by atoms with Gasteiger partial charge >= 0.3 is 0 Å². The highest BCUT2D eigenvalue weighted by Gasteiger charge is 2.39. The number of aliphatic hydroxyl groups excluding tert-OH is 1. The SMILES string of the molecule is C=CCn1c(CCCOc2ccc(-c3noc([C@@H]4[C@@H](O)CCN4C(=N)N)n3)cc2C)nc2ccccc21. The van der Waals surface area contributed by atoms with Gasteiger partial charge in [-0.15, -0.1) is 6.58 Å². The van der Waals surface area contributed by atoms with Crippen LogP contribution in [0.2, 0.25) is 0 Å². The monoisotopic (exact) mass is 501 g/mol. The highest BCUT2D eigenvalue weighted by molar-refractivity contribution is 5.76. The number of nitrogens with one attached hydrogen (secondary N) is 1. The molecule has 2 aromatic carbocycles. The van der Waals surface area contributed by atoms with Crippen LogP contribution in [-0.2, 0) is 13.0 Å². The molecule has 2 atom stereocenters. The van der Waals surface area contributed by atoms with Crippen molar-refractivity contribution in [1.29, 1.82) is 5.41 Å². The van der Waals surface area contributed by atoms with Crippen LogP contribution in [0.1, 0.15) is 36.2 Å². The fraction of sp³-hybridized carbons (Fsp3) is 0.333. The predicted octanol–water partition coefficient (Wildman–Crippen LogP) is 3.59. The van der Waals surface area contributed by atoms with E-state index in [-0.39, 0.29) is 11.9 Å². The van der Waals surface area contributed by atoms with Gasteiger partial charge in [0, 0.05) is 25.1 Å². The van der Waals surface area contributed by atoms with Crippen LogP contribution in [0.5, 0.6) is 5.75 Å². The molecule has 0 amide bonds. The molecule has 0 bridgehead atoms. The molecule has 0 aliphatic carbocycles. The van der Waals surface area contributed by atoms with Gasteiger partial charge in [0.25, 0.3) is 5.89 Å². The van der Waals surface area contributed by atoms with Crippen molar-refractivity contribution in [2.24, 2.45) is 5.73 Å². The number of hydrogen-bond donors (Lipinski definition) is 3. The molecular weight excluding hydrogens is 470 g/mol. The summed E-state index contributed by atoms with van der Waals surface area (Å²) in [5, 5.41) is 22.2. The number of para-hydroxylation sites is 2. The van der Waals surface area contributed by atoms with E-state index in [1.807, 2.05) is 49.4 Å². The third-order valence-corrected chi connectivity index (χ3v) is 6.65. The van der Waals surface area contributed by atoms with Gasteiger partial charge < -0.3 is 29.6 Å². The van der Waals surface area contributed by atoms with Gasteiger partial charge in [-0.2, -0.15) is 4.98 Å². The average Bonchev–Trinajstić information content (AvgIpc) is 3.60. The molecule has 192 valence electrons. The van der Waals surface area contributed by atoms with E-state index >= 15 is 0 Å². The first-order valence-corrected chi connectivity index (χ1v) is 12.4.